The summed E-state index contributed by atoms with van der Waals surface area (Å²) >= 11 is 0. The Morgan fingerprint density at radius 3 is 2.18 bits per heavy atom. The number of nitrogens with zero attached hydrogens (tertiary/aromatic N) is 1. The van der Waals surface area contributed by atoms with E-state index < -0.39 is 22.9 Å². The number of quaternary nitrogens is 1. The van der Waals surface area contributed by atoms with E-state index in [0.29, 0.717) is 12.4 Å². The predicted octanol–water partition coefficient (Wildman–Crippen LogP) is 4.52. The molecular weight excluding hydrogens is 434 g/mol. The molecule has 2 unspecified atom stereocenters. The lowest BCUT2D eigenvalue weighted by Crippen LogP contribution is -2.52. The first-order chi connectivity index (χ1) is 16.3. The number of halogens is 2. The Labute approximate surface area is 199 Å². The molecule has 1 aliphatic heterocycles. The van der Waals surface area contributed by atoms with Crippen LogP contribution in [0.1, 0.15) is 24.0 Å². The lowest BCUT2D eigenvalue weighted by atomic mass is 9.65. The Morgan fingerprint density at radius 2 is 1.62 bits per heavy atom. The molecule has 4 rings (SSSR count). The second-order valence-corrected chi connectivity index (χ2v) is 9.38. The van der Waals surface area contributed by atoms with Crippen molar-refractivity contribution in [2.24, 2.45) is 5.92 Å². The van der Waals surface area contributed by atoms with Crippen molar-refractivity contribution >= 4 is 5.90 Å². The molecule has 1 aliphatic rings. The van der Waals surface area contributed by atoms with Gasteiger partial charge in [0, 0.05) is 24.8 Å². The summed E-state index contributed by atoms with van der Waals surface area (Å²) in [5, 5.41) is 21.5. The molecule has 0 radical (unpaired) electrons. The maximum absolute atomic E-state index is 13.4. The first-order valence-corrected chi connectivity index (χ1v) is 11.6. The number of hydrogen-bond donors (Lipinski definition) is 1. The average molecular weight is 465 g/mol. The van der Waals surface area contributed by atoms with Crippen LogP contribution < -0.4 is 9.84 Å². The normalized spacial score (nSPS) is 20.3. The van der Waals surface area contributed by atoms with Crippen LogP contribution in [-0.2, 0) is 5.41 Å². The zero-order valence-electron chi connectivity index (χ0n) is 19.3. The zero-order valence-corrected chi connectivity index (χ0v) is 19.3. The van der Waals surface area contributed by atoms with Gasteiger partial charge in [-0.2, -0.15) is 0 Å². The van der Waals surface area contributed by atoms with E-state index in [-0.39, 0.29) is 5.92 Å². The van der Waals surface area contributed by atoms with E-state index in [0.717, 1.165) is 60.2 Å². The van der Waals surface area contributed by atoms with Gasteiger partial charge in [-0.1, -0.05) is 60.7 Å². The Bertz CT molecular complexity index is 1080. The molecule has 1 fully saturated rings. The van der Waals surface area contributed by atoms with E-state index in [1.807, 2.05) is 60.7 Å². The second-order valence-electron chi connectivity index (χ2n) is 9.38. The molecular formula is C28H30F2N2O2. The van der Waals surface area contributed by atoms with Gasteiger partial charge < -0.3 is 19.7 Å². The van der Waals surface area contributed by atoms with Crippen molar-refractivity contribution in [3.8, 4) is 5.75 Å². The second kappa shape index (κ2) is 9.94. The van der Waals surface area contributed by atoms with Crippen molar-refractivity contribution in [1.82, 2.24) is 0 Å². The molecule has 0 amide bonds. The minimum Gasteiger partial charge on any atom is -0.861 e. The summed E-state index contributed by atoms with van der Waals surface area (Å²) in [6.07, 6.45) is 1.57. The number of ether oxygens (including phenoxy) is 1. The van der Waals surface area contributed by atoms with Crippen molar-refractivity contribution in [2.45, 2.75) is 18.3 Å². The number of rotatable bonds is 9. The first kappa shape index (κ1) is 23.9. The van der Waals surface area contributed by atoms with Crippen LogP contribution in [0, 0.1) is 23.0 Å². The SMILES string of the molecule is C[N+]1(CCCOc2ccc(F)c(F)c2)CCC(C(C(=N)[O-])(c2ccccc2)c2ccccc2)C1. The van der Waals surface area contributed by atoms with Gasteiger partial charge in [-0.3, -0.25) is 0 Å². The number of benzene rings is 3. The van der Waals surface area contributed by atoms with Crippen molar-refractivity contribution < 1.29 is 23.1 Å². The molecule has 178 valence electrons. The lowest BCUT2D eigenvalue weighted by Gasteiger charge is -2.43. The van der Waals surface area contributed by atoms with Gasteiger partial charge in [-0.25, -0.2) is 8.78 Å². The molecule has 2 atom stereocenters. The molecule has 0 spiro atoms. The van der Waals surface area contributed by atoms with Crippen LogP contribution in [0.5, 0.6) is 5.75 Å². The molecule has 3 aromatic carbocycles. The van der Waals surface area contributed by atoms with Gasteiger partial charge in [0.1, 0.15) is 5.75 Å². The lowest BCUT2D eigenvalue weighted by molar-refractivity contribution is -0.899. The fraction of sp³-hybridized carbons (Fsp3) is 0.321. The molecule has 1 saturated heterocycles. The number of likely N-dealkylation sites (tertiary alicyclic amines) is 1. The van der Waals surface area contributed by atoms with Gasteiger partial charge in [0.05, 0.1) is 38.7 Å². The van der Waals surface area contributed by atoms with E-state index in [1.54, 1.807) is 0 Å². The van der Waals surface area contributed by atoms with Gasteiger partial charge >= 0.3 is 0 Å². The minimum atomic E-state index is -1.01. The van der Waals surface area contributed by atoms with Crippen molar-refractivity contribution in [3.05, 3.63) is 102 Å². The van der Waals surface area contributed by atoms with Crippen molar-refractivity contribution in [1.29, 1.82) is 5.41 Å². The highest BCUT2D eigenvalue weighted by Gasteiger charge is 2.49. The predicted molar refractivity (Wildman–Crippen MR) is 127 cm³/mol. The largest absolute Gasteiger partial charge is 0.861 e. The Balaban J connectivity index is 1.50. The maximum Gasteiger partial charge on any atom is 0.162 e. The van der Waals surface area contributed by atoms with E-state index >= 15 is 0 Å². The Kier molecular flexibility index (Phi) is 6.98. The highest BCUT2D eigenvalue weighted by Crippen LogP contribution is 2.45. The molecule has 0 bridgehead atoms. The maximum atomic E-state index is 13.4. The number of nitrogens with one attached hydrogen (secondary N) is 1. The molecule has 0 saturated carbocycles. The molecule has 0 aromatic heterocycles. The van der Waals surface area contributed by atoms with Crippen molar-refractivity contribution in [2.75, 3.05) is 33.3 Å². The summed E-state index contributed by atoms with van der Waals surface area (Å²) in [4.78, 5) is 0. The molecule has 3 aromatic rings. The highest BCUT2D eigenvalue weighted by atomic mass is 19.2. The topological polar surface area (TPSA) is 56.1 Å². The van der Waals surface area contributed by atoms with Crippen LogP contribution in [0.4, 0.5) is 8.78 Å². The van der Waals surface area contributed by atoms with Gasteiger partial charge in [0.25, 0.3) is 0 Å². The van der Waals surface area contributed by atoms with Crippen LogP contribution in [0.2, 0.25) is 0 Å². The van der Waals surface area contributed by atoms with E-state index in [9.17, 15) is 13.9 Å². The standard InChI is InChI=1S/C28H30F2N2O2/c1-32(16-8-18-34-24-13-14-25(29)26(30)19-24)17-15-23(20-32)28(27(31)33,21-9-4-2-5-10-21)22-11-6-3-7-12-22/h2-7,9-14,19,23H,8,15-18,20H2,1H3,(H-,31,33). The van der Waals surface area contributed by atoms with Gasteiger partial charge in [-0.05, 0) is 29.2 Å². The Hall–Kier alpha value is -3.25. The van der Waals surface area contributed by atoms with Gasteiger partial charge in [-0.15, -0.1) is 0 Å². The van der Waals surface area contributed by atoms with Crippen LogP contribution in [0.25, 0.3) is 0 Å². The third kappa shape index (κ3) is 4.68. The smallest absolute Gasteiger partial charge is 0.162 e. The number of hydrogen-bond acceptors (Lipinski definition) is 3. The van der Waals surface area contributed by atoms with Gasteiger partial charge in [0.2, 0.25) is 0 Å². The quantitative estimate of drug-likeness (QED) is 0.219. The third-order valence-corrected chi connectivity index (χ3v) is 7.11. The van der Waals surface area contributed by atoms with Crippen molar-refractivity contribution in [3.63, 3.8) is 0 Å². The summed E-state index contributed by atoms with van der Waals surface area (Å²) in [6.45, 7) is 2.87. The summed E-state index contributed by atoms with van der Waals surface area (Å²) in [7, 11) is 2.17. The summed E-state index contributed by atoms with van der Waals surface area (Å²) in [5.74, 6) is -2.09. The monoisotopic (exact) mass is 464 g/mol. The fourth-order valence-electron chi connectivity index (χ4n) is 5.43. The third-order valence-electron chi connectivity index (χ3n) is 7.11. The summed E-state index contributed by atoms with van der Waals surface area (Å²) in [6, 6.07) is 22.9. The van der Waals surface area contributed by atoms with E-state index in [1.165, 1.54) is 6.07 Å². The summed E-state index contributed by atoms with van der Waals surface area (Å²) < 4.78 is 32.9. The van der Waals surface area contributed by atoms with Crippen LogP contribution >= 0.6 is 0 Å². The summed E-state index contributed by atoms with van der Waals surface area (Å²) in [5.41, 5.74) is 0.711. The van der Waals surface area contributed by atoms with E-state index in [2.05, 4.69) is 7.05 Å². The van der Waals surface area contributed by atoms with Crippen LogP contribution in [0.3, 0.4) is 0 Å². The highest BCUT2D eigenvalue weighted by molar-refractivity contribution is 5.87. The molecule has 1 N–H and O–H groups in total. The molecule has 1 heterocycles. The molecule has 6 heteroatoms. The molecule has 34 heavy (non-hydrogen) atoms. The first-order valence-electron chi connectivity index (χ1n) is 11.6. The fourth-order valence-corrected chi connectivity index (χ4v) is 5.43. The van der Waals surface area contributed by atoms with Crippen LogP contribution in [-0.4, -0.2) is 43.7 Å². The average Bonchev–Trinajstić information content (AvgIpc) is 3.23. The van der Waals surface area contributed by atoms with E-state index in [4.69, 9.17) is 10.1 Å². The zero-order chi connectivity index (χ0) is 24.2. The van der Waals surface area contributed by atoms with Gasteiger partial charge in [0.15, 0.2) is 11.6 Å². The molecule has 0 aliphatic carbocycles. The minimum absolute atomic E-state index is 0.0144. The molecule has 4 nitrogen and oxygen atoms in total. The van der Waals surface area contributed by atoms with Crippen LogP contribution in [0.15, 0.2) is 78.9 Å². The Morgan fingerprint density at radius 1 is 1.00 bits per heavy atom.